The molecule has 0 aromatic heterocycles. The molecule has 2 aromatic rings. The zero-order valence-electron chi connectivity index (χ0n) is 14.0. The Morgan fingerprint density at radius 1 is 1.20 bits per heavy atom. The van der Waals surface area contributed by atoms with E-state index in [9.17, 15) is 10.1 Å². The Hall–Kier alpha value is -2.51. The molecular formula is C17H19ClN2O5. The van der Waals surface area contributed by atoms with E-state index in [1.54, 1.807) is 25.3 Å². The van der Waals surface area contributed by atoms with Gasteiger partial charge in [-0.3, -0.25) is 10.1 Å². The molecule has 1 N–H and O–H groups in total. The maximum absolute atomic E-state index is 11.0. The minimum Gasteiger partial charge on any atom is -0.496 e. The number of ether oxygens (including phenoxy) is 3. The molecule has 7 nitrogen and oxygen atoms in total. The molecule has 0 bridgehead atoms. The molecule has 0 saturated heterocycles. The molecular weight excluding hydrogens is 348 g/mol. The lowest BCUT2D eigenvalue weighted by molar-refractivity contribution is -0.384. The van der Waals surface area contributed by atoms with Crippen LogP contribution in [0.4, 0.5) is 11.4 Å². The molecule has 0 atom stereocenters. The number of non-ortho nitro benzene ring substituents is 1. The van der Waals surface area contributed by atoms with E-state index in [0.717, 1.165) is 0 Å². The van der Waals surface area contributed by atoms with Crippen LogP contribution in [0.5, 0.6) is 11.5 Å². The summed E-state index contributed by atoms with van der Waals surface area (Å²) in [6.07, 6.45) is 0. The fraction of sp³-hybridized carbons (Fsp3) is 0.294. The van der Waals surface area contributed by atoms with Gasteiger partial charge in [-0.05, 0) is 18.2 Å². The van der Waals surface area contributed by atoms with Gasteiger partial charge in [0, 0.05) is 31.4 Å². The number of halogens is 1. The quantitative estimate of drug-likeness (QED) is 0.412. The third-order valence-corrected chi connectivity index (χ3v) is 3.74. The van der Waals surface area contributed by atoms with Gasteiger partial charge in [0.2, 0.25) is 0 Å². The van der Waals surface area contributed by atoms with Crippen molar-refractivity contribution in [2.75, 3.05) is 32.8 Å². The van der Waals surface area contributed by atoms with Crippen molar-refractivity contribution in [3.63, 3.8) is 0 Å². The van der Waals surface area contributed by atoms with Gasteiger partial charge in [-0.1, -0.05) is 17.7 Å². The zero-order chi connectivity index (χ0) is 18.2. The van der Waals surface area contributed by atoms with Crippen LogP contribution in [0.2, 0.25) is 5.02 Å². The van der Waals surface area contributed by atoms with Gasteiger partial charge in [0.1, 0.15) is 12.4 Å². The molecule has 0 aliphatic carbocycles. The van der Waals surface area contributed by atoms with Crippen molar-refractivity contribution in [1.29, 1.82) is 0 Å². The summed E-state index contributed by atoms with van der Waals surface area (Å²) in [4.78, 5) is 10.5. The van der Waals surface area contributed by atoms with E-state index >= 15 is 0 Å². The third-order valence-electron chi connectivity index (χ3n) is 3.44. The van der Waals surface area contributed by atoms with E-state index in [1.807, 2.05) is 6.07 Å². The summed E-state index contributed by atoms with van der Waals surface area (Å²) in [5, 5.41) is 14.6. The van der Waals surface area contributed by atoms with Gasteiger partial charge in [-0.2, -0.15) is 0 Å². The van der Waals surface area contributed by atoms with Crippen molar-refractivity contribution in [2.24, 2.45) is 0 Å². The van der Waals surface area contributed by atoms with Crippen LogP contribution in [-0.2, 0) is 11.3 Å². The van der Waals surface area contributed by atoms with E-state index in [1.165, 1.54) is 19.2 Å². The lowest BCUT2D eigenvalue weighted by Crippen LogP contribution is -2.08. The van der Waals surface area contributed by atoms with Crippen LogP contribution in [0.3, 0.4) is 0 Å². The van der Waals surface area contributed by atoms with Crippen LogP contribution < -0.4 is 14.8 Å². The number of hydrogen-bond acceptors (Lipinski definition) is 6. The zero-order valence-corrected chi connectivity index (χ0v) is 14.7. The van der Waals surface area contributed by atoms with Crippen molar-refractivity contribution in [2.45, 2.75) is 6.54 Å². The summed E-state index contributed by atoms with van der Waals surface area (Å²) >= 11 is 6.20. The highest BCUT2D eigenvalue weighted by Crippen LogP contribution is 2.34. The van der Waals surface area contributed by atoms with E-state index in [4.69, 9.17) is 25.8 Å². The second-order valence-corrected chi connectivity index (χ2v) is 5.47. The summed E-state index contributed by atoms with van der Waals surface area (Å²) in [5.74, 6) is 1.06. The first-order chi connectivity index (χ1) is 12.1. The Kier molecular flexibility index (Phi) is 6.85. The fourth-order valence-corrected chi connectivity index (χ4v) is 2.46. The number of nitrogens with one attached hydrogen (secondary N) is 1. The average Bonchev–Trinajstić information content (AvgIpc) is 2.61. The molecule has 0 fully saturated rings. The average molecular weight is 367 g/mol. The van der Waals surface area contributed by atoms with Crippen molar-refractivity contribution < 1.29 is 19.1 Å². The van der Waals surface area contributed by atoms with Crippen molar-refractivity contribution >= 4 is 23.0 Å². The number of anilines is 1. The number of nitro groups is 1. The largest absolute Gasteiger partial charge is 0.496 e. The highest BCUT2D eigenvalue weighted by Gasteiger charge is 2.13. The molecule has 0 aliphatic rings. The molecule has 0 heterocycles. The maximum atomic E-state index is 11.0. The van der Waals surface area contributed by atoms with Crippen LogP contribution in [0.25, 0.3) is 0 Å². The van der Waals surface area contributed by atoms with Gasteiger partial charge in [0.05, 0.1) is 29.4 Å². The third kappa shape index (κ3) is 4.98. The smallest absolute Gasteiger partial charge is 0.270 e. The van der Waals surface area contributed by atoms with Gasteiger partial charge in [0.25, 0.3) is 5.69 Å². The maximum Gasteiger partial charge on any atom is 0.270 e. The second kappa shape index (κ2) is 9.10. The number of methoxy groups -OCH3 is 2. The van der Waals surface area contributed by atoms with Gasteiger partial charge < -0.3 is 19.5 Å². The van der Waals surface area contributed by atoms with E-state index in [2.05, 4.69) is 5.32 Å². The molecule has 8 heteroatoms. The van der Waals surface area contributed by atoms with Crippen LogP contribution in [0, 0.1) is 10.1 Å². The first kappa shape index (κ1) is 18.8. The molecule has 2 aromatic carbocycles. The monoisotopic (exact) mass is 366 g/mol. The molecule has 0 unspecified atom stereocenters. The molecule has 0 amide bonds. The SMILES string of the molecule is COCCOc1c(Cl)cccc1NCc1cc([N+](=O)[O-])ccc1OC. The van der Waals surface area contributed by atoms with Gasteiger partial charge >= 0.3 is 0 Å². The van der Waals surface area contributed by atoms with Crippen molar-refractivity contribution in [3.05, 3.63) is 57.1 Å². The Bertz CT molecular complexity index is 739. The van der Waals surface area contributed by atoms with Crippen LogP contribution in [0.15, 0.2) is 36.4 Å². The van der Waals surface area contributed by atoms with E-state index in [-0.39, 0.29) is 5.69 Å². The Morgan fingerprint density at radius 3 is 2.68 bits per heavy atom. The molecule has 0 spiro atoms. The van der Waals surface area contributed by atoms with E-state index < -0.39 is 4.92 Å². The number of para-hydroxylation sites is 1. The lowest BCUT2D eigenvalue weighted by atomic mass is 10.1. The molecule has 0 aliphatic heterocycles. The molecule has 0 radical (unpaired) electrons. The highest BCUT2D eigenvalue weighted by atomic mass is 35.5. The van der Waals surface area contributed by atoms with Gasteiger partial charge in [-0.25, -0.2) is 0 Å². The first-order valence-electron chi connectivity index (χ1n) is 7.52. The summed E-state index contributed by atoms with van der Waals surface area (Å²) in [6.45, 7) is 1.10. The lowest BCUT2D eigenvalue weighted by Gasteiger charge is -2.15. The molecule has 0 saturated carbocycles. The summed E-state index contributed by atoms with van der Waals surface area (Å²) in [6, 6.07) is 9.78. The normalized spacial score (nSPS) is 10.4. The Balaban J connectivity index is 2.19. The van der Waals surface area contributed by atoms with Crippen LogP contribution >= 0.6 is 11.6 Å². The molecule has 2 rings (SSSR count). The molecule has 134 valence electrons. The van der Waals surface area contributed by atoms with Crippen molar-refractivity contribution in [3.8, 4) is 11.5 Å². The Labute approximate surface area is 150 Å². The summed E-state index contributed by atoms with van der Waals surface area (Å²) < 4.78 is 15.9. The van der Waals surface area contributed by atoms with Gasteiger partial charge in [-0.15, -0.1) is 0 Å². The van der Waals surface area contributed by atoms with Crippen molar-refractivity contribution in [1.82, 2.24) is 0 Å². The standard InChI is InChI=1S/C17H19ClN2O5/c1-23-8-9-25-17-14(18)4-3-5-15(17)19-11-12-10-13(20(21)22)6-7-16(12)24-2/h3-7,10,19H,8-9,11H2,1-2H3. The predicted molar refractivity (Wildman–Crippen MR) is 95.8 cm³/mol. The summed E-state index contributed by atoms with van der Waals surface area (Å²) in [5.41, 5.74) is 1.33. The number of hydrogen-bond donors (Lipinski definition) is 1. The number of benzene rings is 2. The highest BCUT2D eigenvalue weighted by molar-refractivity contribution is 6.32. The Morgan fingerprint density at radius 2 is 2.00 bits per heavy atom. The fourth-order valence-electron chi connectivity index (χ4n) is 2.23. The minimum atomic E-state index is -0.443. The second-order valence-electron chi connectivity index (χ2n) is 5.06. The summed E-state index contributed by atoms with van der Waals surface area (Å²) in [7, 11) is 3.10. The topological polar surface area (TPSA) is 82.9 Å². The predicted octanol–water partition coefficient (Wildman–Crippen LogP) is 3.89. The number of nitro benzene ring substituents is 1. The van der Waals surface area contributed by atoms with E-state index in [0.29, 0.717) is 47.5 Å². The van der Waals surface area contributed by atoms with Gasteiger partial charge in [0.15, 0.2) is 5.75 Å². The van der Waals surface area contributed by atoms with Crippen LogP contribution in [-0.4, -0.2) is 32.4 Å². The first-order valence-corrected chi connectivity index (χ1v) is 7.90. The molecule has 25 heavy (non-hydrogen) atoms. The minimum absolute atomic E-state index is 0.000243. The number of rotatable bonds is 9. The van der Waals surface area contributed by atoms with Crippen LogP contribution in [0.1, 0.15) is 5.56 Å². The number of nitrogens with zero attached hydrogens (tertiary/aromatic N) is 1.